The van der Waals surface area contributed by atoms with Crippen LogP contribution in [0.1, 0.15) is 24.3 Å². The molecule has 0 bridgehead atoms. The number of hydrogen-bond donors (Lipinski definition) is 0. The summed E-state index contributed by atoms with van der Waals surface area (Å²) >= 11 is 1.58. The van der Waals surface area contributed by atoms with Gasteiger partial charge in [0.05, 0.1) is 18.7 Å². The molecule has 1 saturated heterocycles. The number of ether oxygens (including phenoxy) is 2. The third-order valence-electron chi connectivity index (χ3n) is 4.18. The van der Waals surface area contributed by atoms with Crippen LogP contribution in [0.4, 0.5) is 0 Å². The van der Waals surface area contributed by atoms with Crippen LogP contribution in [0.15, 0.2) is 43.0 Å². The van der Waals surface area contributed by atoms with E-state index in [2.05, 4.69) is 4.98 Å². The first-order valence-electron chi connectivity index (χ1n) is 8.93. The van der Waals surface area contributed by atoms with E-state index in [-0.39, 0.29) is 17.9 Å². The molecule has 1 aromatic carbocycles. The molecule has 8 heteroatoms. The van der Waals surface area contributed by atoms with E-state index in [9.17, 15) is 9.59 Å². The molecule has 0 saturated carbocycles. The van der Waals surface area contributed by atoms with Gasteiger partial charge in [-0.2, -0.15) is 0 Å². The second-order valence-corrected chi connectivity index (χ2v) is 7.10. The highest BCUT2D eigenvalue weighted by Gasteiger charge is 2.34. The van der Waals surface area contributed by atoms with Crippen LogP contribution in [0.5, 0.6) is 5.75 Å². The van der Waals surface area contributed by atoms with Crippen molar-refractivity contribution in [2.75, 3.05) is 25.5 Å². The molecule has 1 amide bonds. The molecular formula is C19H23N3O4S. The van der Waals surface area contributed by atoms with E-state index in [0.29, 0.717) is 24.7 Å². The number of hydrogen-bond acceptors (Lipinski definition) is 6. The number of para-hydroxylation sites is 1. The quantitative estimate of drug-likeness (QED) is 0.614. The second-order valence-electron chi connectivity index (χ2n) is 6.04. The number of imidazole rings is 1. The summed E-state index contributed by atoms with van der Waals surface area (Å²) in [5.41, 5.74) is 0.903. The van der Waals surface area contributed by atoms with Gasteiger partial charge < -0.3 is 18.9 Å². The Bertz CT molecular complexity index is 766. The number of thioether (sulfide) groups is 1. The highest BCUT2D eigenvalue weighted by molar-refractivity contribution is 8.00. The zero-order chi connectivity index (χ0) is 19.1. The Morgan fingerprint density at radius 3 is 2.96 bits per heavy atom. The molecule has 1 atom stereocenters. The normalized spacial score (nSPS) is 16.6. The molecule has 27 heavy (non-hydrogen) atoms. The molecule has 1 aromatic heterocycles. The van der Waals surface area contributed by atoms with E-state index in [1.807, 2.05) is 39.9 Å². The molecule has 1 fully saturated rings. The summed E-state index contributed by atoms with van der Waals surface area (Å²) in [7, 11) is 0. The molecule has 1 aliphatic rings. The van der Waals surface area contributed by atoms with Gasteiger partial charge in [0.2, 0.25) is 5.91 Å². The van der Waals surface area contributed by atoms with Gasteiger partial charge in [-0.25, -0.2) is 9.78 Å². The van der Waals surface area contributed by atoms with Crippen LogP contribution in [-0.2, 0) is 20.9 Å². The number of esters is 1. The lowest BCUT2D eigenvalue weighted by Gasteiger charge is -2.25. The first-order chi connectivity index (χ1) is 13.2. The van der Waals surface area contributed by atoms with Crippen molar-refractivity contribution >= 4 is 23.6 Å². The van der Waals surface area contributed by atoms with Gasteiger partial charge in [0, 0.05) is 31.0 Å². The van der Waals surface area contributed by atoms with E-state index < -0.39 is 5.97 Å². The number of amides is 1. The average Bonchev–Trinajstić information content (AvgIpc) is 3.31. The monoisotopic (exact) mass is 389 g/mol. The van der Waals surface area contributed by atoms with Crippen molar-refractivity contribution in [1.29, 1.82) is 0 Å². The Labute approximate surface area is 162 Å². The molecule has 0 spiro atoms. The lowest BCUT2D eigenvalue weighted by Crippen LogP contribution is -2.30. The molecule has 0 aliphatic carbocycles. The molecule has 3 rings (SSSR count). The Kier molecular flexibility index (Phi) is 6.75. The minimum atomic E-state index is -0.403. The first kappa shape index (κ1) is 19.3. The summed E-state index contributed by atoms with van der Waals surface area (Å²) in [4.78, 5) is 29.9. The van der Waals surface area contributed by atoms with Crippen LogP contribution in [0.2, 0.25) is 0 Å². The topological polar surface area (TPSA) is 73.7 Å². The molecule has 2 aromatic rings. The van der Waals surface area contributed by atoms with Crippen molar-refractivity contribution in [2.24, 2.45) is 0 Å². The predicted octanol–water partition coefficient (Wildman–Crippen LogP) is 2.49. The van der Waals surface area contributed by atoms with Crippen LogP contribution in [0.25, 0.3) is 0 Å². The number of carbonyl (C=O) groups excluding carboxylic acids is 2. The third kappa shape index (κ3) is 5.03. The second kappa shape index (κ2) is 9.45. The number of nitrogens with zero attached hydrogens (tertiary/aromatic N) is 3. The molecule has 1 unspecified atom stereocenters. The molecule has 0 radical (unpaired) electrons. The maximum absolute atomic E-state index is 12.4. The van der Waals surface area contributed by atoms with Crippen LogP contribution < -0.4 is 4.74 Å². The fourth-order valence-corrected chi connectivity index (χ4v) is 4.19. The van der Waals surface area contributed by atoms with E-state index in [1.54, 1.807) is 31.2 Å². The summed E-state index contributed by atoms with van der Waals surface area (Å²) in [6.45, 7) is 3.40. The Hall–Kier alpha value is -2.48. The SMILES string of the molecule is CCOC(=O)COc1ccccc1C1SCC(=O)N1CCCn1ccnc1. The van der Waals surface area contributed by atoms with Crippen molar-refractivity contribution in [3.05, 3.63) is 48.5 Å². The smallest absolute Gasteiger partial charge is 0.344 e. The van der Waals surface area contributed by atoms with Crippen LogP contribution in [-0.4, -0.2) is 51.8 Å². The molecular weight excluding hydrogens is 366 g/mol. The number of carbonyl (C=O) groups is 2. The standard InChI is InChI=1S/C19H23N3O4S/c1-2-25-18(24)12-26-16-7-4-3-6-15(16)19-22(17(23)13-27-19)10-5-9-21-11-8-20-14-21/h3-4,6-8,11,14,19H,2,5,9-10,12-13H2,1H3. The summed E-state index contributed by atoms with van der Waals surface area (Å²) in [6, 6.07) is 7.54. The first-order valence-corrected chi connectivity index (χ1v) is 9.98. The van der Waals surface area contributed by atoms with Crippen molar-refractivity contribution in [2.45, 2.75) is 25.3 Å². The highest BCUT2D eigenvalue weighted by Crippen LogP contribution is 2.42. The minimum absolute atomic E-state index is 0.112. The molecule has 0 N–H and O–H groups in total. The minimum Gasteiger partial charge on any atom is -0.482 e. The zero-order valence-corrected chi connectivity index (χ0v) is 16.1. The number of aryl methyl sites for hydroxylation is 1. The lowest BCUT2D eigenvalue weighted by molar-refractivity contribution is -0.145. The van der Waals surface area contributed by atoms with Gasteiger partial charge in [-0.15, -0.1) is 11.8 Å². The van der Waals surface area contributed by atoms with E-state index in [1.165, 1.54) is 0 Å². The maximum Gasteiger partial charge on any atom is 0.344 e. The highest BCUT2D eigenvalue weighted by atomic mass is 32.2. The predicted molar refractivity (Wildman–Crippen MR) is 102 cm³/mol. The summed E-state index contributed by atoms with van der Waals surface area (Å²) < 4.78 is 12.6. The van der Waals surface area contributed by atoms with Gasteiger partial charge in [0.15, 0.2) is 6.61 Å². The largest absolute Gasteiger partial charge is 0.482 e. The molecule has 7 nitrogen and oxygen atoms in total. The van der Waals surface area contributed by atoms with Gasteiger partial charge in [-0.05, 0) is 19.4 Å². The number of benzene rings is 1. The van der Waals surface area contributed by atoms with Crippen LogP contribution in [0, 0.1) is 0 Å². The van der Waals surface area contributed by atoms with Crippen molar-refractivity contribution in [3.8, 4) is 5.75 Å². The average molecular weight is 389 g/mol. The fourth-order valence-electron chi connectivity index (χ4n) is 2.95. The van der Waals surface area contributed by atoms with Gasteiger partial charge in [0.1, 0.15) is 11.1 Å². The third-order valence-corrected chi connectivity index (χ3v) is 5.42. The van der Waals surface area contributed by atoms with Gasteiger partial charge in [-0.3, -0.25) is 4.79 Å². The lowest BCUT2D eigenvalue weighted by atomic mass is 10.1. The Morgan fingerprint density at radius 1 is 1.33 bits per heavy atom. The fraction of sp³-hybridized carbons (Fsp3) is 0.421. The van der Waals surface area contributed by atoms with Gasteiger partial charge in [-0.1, -0.05) is 18.2 Å². The molecule has 2 heterocycles. The summed E-state index contributed by atoms with van der Waals surface area (Å²) in [5.74, 6) is 0.773. The van der Waals surface area contributed by atoms with Crippen LogP contribution in [0.3, 0.4) is 0 Å². The van der Waals surface area contributed by atoms with Gasteiger partial charge in [0.25, 0.3) is 0 Å². The Morgan fingerprint density at radius 2 is 2.19 bits per heavy atom. The molecule has 144 valence electrons. The van der Waals surface area contributed by atoms with Crippen molar-refractivity contribution in [1.82, 2.24) is 14.5 Å². The van der Waals surface area contributed by atoms with Gasteiger partial charge >= 0.3 is 5.97 Å². The van der Waals surface area contributed by atoms with Crippen molar-refractivity contribution in [3.63, 3.8) is 0 Å². The zero-order valence-electron chi connectivity index (χ0n) is 15.2. The summed E-state index contributed by atoms with van der Waals surface area (Å²) in [6.07, 6.45) is 6.27. The number of aromatic nitrogens is 2. The van der Waals surface area contributed by atoms with Crippen molar-refractivity contribution < 1.29 is 19.1 Å². The summed E-state index contributed by atoms with van der Waals surface area (Å²) in [5, 5.41) is -0.112. The molecule has 1 aliphatic heterocycles. The van der Waals surface area contributed by atoms with E-state index in [4.69, 9.17) is 9.47 Å². The number of rotatable bonds is 9. The van der Waals surface area contributed by atoms with E-state index >= 15 is 0 Å². The Balaban J connectivity index is 1.66. The maximum atomic E-state index is 12.4. The van der Waals surface area contributed by atoms with Crippen LogP contribution >= 0.6 is 11.8 Å². The van der Waals surface area contributed by atoms with E-state index in [0.717, 1.165) is 18.5 Å².